The minimum atomic E-state index is -4.70. The van der Waals surface area contributed by atoms with E-state index in [-0.39, 0.29) is 33.3 Å². The van der Waals surface area contributed by atoms with Crippen LogP contribution in [0.2, 0.25) is 5.02 Å². The Hall–Kier alpha value is -1.90. The van der Waals surface area contributed by atoms with Crippen molar-refractivity contribution >= 4 is 34.0 Å². The van der Waals surface area contributed by atoms with Crippen LogP contribution in [-0.4, -0.2) is 25.0 Å². The van der Waals surface area contributed by atoms with Crippen LogP contribution in [0.5, 0.6) is 0 Å². The lowest BCUT2D eigenvalue weighted by atomic mass is 9.97. The van der Waals surface area contributed by atoms with Gasteiger partial charge in [-0.1, -0.05) is 23.7 Å². The van der Waals surface area contributed by atoms with Crippen LogP contribution in [-0.2, 0) is 22.7 Å². The van der Waals surface area contributed by atoms with E-state index in [2.05, 4.69) is 11.7 Å². The molecule has 0 saturated carbocycles. The number of alkyl halides is 3. The van der Waals surface area contributed by atoms with Gasteiger partial charge in [0.15, 0.2) is 0 Å². The summed E-state index contributed by atoms with van der Waals surface area (Å²) >= 11 is 6.13. The third kappa shape index (κ3) is 3.44. The first-order valence-electron chi connectivity index (χ1n) is 8.30. The van der Waals surface area contributed by atoms with E-state index in [1.165, 1.54) is 28.6 Å². The van der Waals surface area contributed by atoms with Crippen LogP contribution in [0, 0.1) is 0 Å². The van der Waals surface area contributed by atoms with Gasteiger partial charge in [0.25, 0.3) is 0 Å². The Balaban J connectivity index is 2.24. The first kappa shape index (κ1) is 20.8. The van der Waals surface area contributed by atoms with Gasteiger partial charge < -0.3 is 0 Å². The Morgan fingerprint density at radius 1 is 1.14 bits per heavy atom. The van der Waals surface area contributed by atoms with E-state index in [1.54, 1.807) is 20.8 Å². The number of halogens is 4. The number of rotatable bonds is 2. The normalized spacial score (nSPS) is 16.8. The molecule has 0 aliphatic carbocycles. The molecule has 28 heavy (non-hydrogen) atoms. The van der Waals surface area contributed by atoms with E-state index >= 15 is 0 Å². The SMILES string of the molecule is C=Nc1cc(Cl)c(-c2ccc3c(c2)S(=O)(=O)N(C(C)(C)C)C3)c(C(F)(F)F)c1. The minimum Gasteiger partial charge on any atom is -0.265 e. The fraction of sp³-hybridized carbons (Fsp3) is 0.316. The van der Waals surface area contributed by atoms with E-state index in [9.17, 15) is 21.6 Å². The van der Waals surface area contributed by atoms with E-state index < -0.39 is 27.3 Å². The molecule has 0 N–H and O–H groups in total. The number of aliphatic imine (C=N–C) groups is 1. The Labute approximate surface area is 166 Å². The molecule has 0 unspecified atom stereocenters. The third-order valence-electron chi connectivity index (χ3n) is 4.55. The monoisotopic (exact) mass is 430 g/mol. The quantitative estimate of drug-likeness (QED) is 0.577. The molecule has 3 rings (SSSR count). The zero-order chi connectivity index (χ0) is 21.1. The zero-order valence-electron chi connectivity index (χ0n) is 15.4. The molecule has 150 valence electrons. The largest absolute Gasteiger partial charge is 0.417 e. The molecule has 0 aromatic heterocycles. The second-order valence-corrected chi connectivity index (χ2v) is 9.75. The highest BCUT2D eigenvalue weighted by atomic mass is 35.5. The average molecular weight is 431 g/mol. The van der Waals surface area contributed by atoms with Crippen molar-refractivity contribution in [2.75, 3.05) is 0 Å². The summed E-state index contributed by atoms with van der Waals surface area (Å²) in [5.41, 5.74) is -1.35. The molecule has 0 radical (unpaired) electrons. The van der Waals surface area contributed by atoms with Gasteiger partial charge >= 0.3 is 6.18 Å². The Kier molecular flexibility index (Phi) is 4.89. The van der Waals surface area contributed by atoms with Gasteiger partial charge in [0, 0.05) is 17.6 Å². The summed E-state index contributed by atoms with van der Waals surface area (Å²) in [6.07, 6.45) is -4.70. The second kappa shape index (κ2) is 6.57. The fourth-order valence-electron chi connectivity index (χ4n) is 3.24. The molecule has 0 amide bonds. The van der Waals surface area contributed by atoms with E-state index in [1.807, 2.05) is 0 Å². The van der Waals surface area contributed by atoms with Gasteiger partial charge in [-0.25, -0.2) is 8.42 Å². The summed E-state index contributed by atoms with van der Waals surface area (Å²) in [7, 11) is -3.83. The van der Waals surface area contributed by atoms with Crippen LogP contribution in [0.25, 0.3) is 11.1 Å². The van der Waals surface area contributed by atoms with Crippen LogP contribution in [0.15, 0.2) is 40.2 Å². The Morgan fingerprint density at radius 3 is 2.32 bits per heavy atom. The lowest BCUT2D eigenvalue weighted by molar-refractivity contribution is -0.137. The molecule has 0 fully saturated rings. The van der Waals surface area contributed by atoms with Gasteiger partial charge in [-0.15, -0.1) is 0 Å². The van der Waals surface area contributed by atoms with Gasteiger partial charge in [0.05, 0.1) is 21.2 Å². The highest BCUT2D eigenvalue weighted by molar-refractivity contribution is 7.89. The summed E-state index contributed by atoms with van der Waals surface area (Å²) in [6, 6.07) is 6.36. The smallest absolute Gasteiger partial charge is 0.265 e. The molecule has 2 aromatic carbocycles. The fourth-order valence-corrected chi connectivity index (χ4v) is 5.57. The summed E-state index contributed by atoms with van der Waals surface area (Å²) in [4.78, 5) is 3.52. The number of benzene rings is 2. The number of fused-ring (bicyclic) bond motifs is 1. The van der Waals surface area contributed by atoms with Crippen LogP contribution < -0.4 is 0 Å². The first-order valence-corrected chi connectivity index (χ1v) is 10.1. The highest BCUT2D eigenvalue weighted by Gasteiger charge is 2.42. The van der Waals surface area contributed by atoms with Crippen molar-refractivity contribution in [1.29, 1.82) is 0 Å². The van der Waals surface area contributed by atoms with Crippen molar-refractivity contribution in [3.05, 3.63) is 46.5 Å². The predicted molar refractivity (Wildman–Crippen MR) is 104 cm³/mol. The molecule has 0 atom stereocenters. The minimum absolute atomic E-state index is 0.00459. The van der Waals surface area contributed by atoms with Gasteiger partial charge in [0.1, 0.15) is 0 Å². The molecule has 1 aliphatic rings. The Bertz CT molecular complexity index is 1070. The molecule has 4 nitrogen and oxygen atoms in total. The molecule has 0 spiro atoms. The van der Waals surface area contributed by atoms with Gasteiger partial charge in [-0.05, 0) is 56.8 Å². The number of hydrogen-bond acceptors (Lipinski definition) is 3. The zero-order valence-corrected chi connectivity index (χ0v) is 17.0. The van der Waals surface area contributed by atoms with Gasteiger partial charge in [0.2, 0.25) is 10.0 Å². The maximum absolute atomic E-state index is 13.6. The van der Waals surface area contributed by atoms with Crippen LogP contribution in [0.4, 0.5) is 18.9 Å². The summed E-state index contributed by atoms with van der Waals surface area (Å²) in [6.45, 7) is 8.68. The van der Waals surface area contributed by atoms with Crippen molar-refractivity contribution in [3.63, 3.8) is 0 Å². The molecule has 1 aliphatic heterocycles. The van der Waals surface area contributed by atoms with E-state index in [4.69, 9.17) is 11.6 Å². The van der Waals surface area contributed by atoms with Gasteiger partial charge in [-0.2, -0.15) is 17.5 Å². The molecule has 9 heteroatoms. The van der Waals surface area contributed by atoms with E-state index in [0.29, 0.717) is 5.56 Å². The topological polar surface area (TPSA) is 49.7 Å². The second-order valence-electron chi connectivity index (χ2n) is 7.51. The lowest BCUT2D eigenvalue weighted by Gasteiger charge is -2.29. The van der Waals surface area contributed by atoms with Crippen LogP contribution in [0.3, 0.4) is 0 Å². The predicted octanol–water partition coefficient (Wildman–Crippen LogP) is 5.66. The molecule has 2 aromatic rings. The summed E-state index contributed by atoms with van der Waals surface area (Å²) in [5, 5.41) is -0.180. The number of nitrogens with zero attached hydrogens (tertiary/aromatic N) is 2. The number of sulfonamides is 1. The maximum Gasteiger partial charge on any atom is 0.417 e. The van der Waals surface area contributed by atoms with Crippen molar-refractivity contribution in [2.45, 2.75) is 43.9 Å². The molecular weight excluding hydrogens is 413 g/mol. The summed E-state index contributed by atoms with van der Waals surface area (Å²) < 4.78 is 68.1. The third-order valence-corrected chi connectivity index (χ3v) is 7.04. The Morgan fingerprint density at radius 2 is 1.79 bits per heavy atom. The lowest BCUT2D eigenvalue weighted by Crippen LogP contribution is -2.41. The maximum atomic E-state index is 13.6. The van der Waals surface area contributed by atoms with Crippen LogP contribution >= 0.6 is 11.6 Å². The van der Waals surface area contributed by atoms with Crippen molar-refractivity contribution in [2.24, 2.45) is 4.99 Å². The average Bonchev–Trinajstić information content (AvgIpc) is 2.84. The molecule has 0 bridgehead atoms. The van der Waals surface area contributed by atoms with E-state index in [0.717, 1.165) is 6.07 Å². The standard InChI is InChI=1S/C19H18ClF3N2O2S/c1-18(2,3)25-10-12-6-5-11(7-16(12)28(25,26)27)17-14(19(21,22)23)8-13(24-4)9-15(17)20/h5-9H,4,10H2,1-3H3. The summed E-state index contributed by atoms with van der Waals surface area (Å²) in [5.74, 6) is 0. The first-order chi connectivity index (χ1) is 12.8. The van der Waals surface area contributed by atoms with Gasteiger partial charge in [-0.3, -0.25) is 4.99 Å². The molecular formula is C19H18ClF3N2O2S. The molecule has 1 heterocycles. The molecule has 0 saturated heterocycles. The van der Waals surface area contributed by atoms with Crippen molar-refractivity contribution < 1.29 is 21.6 Å². The number of hydrogen-bond donors (Lipinski definition) is 0. The van der Waals surface area contributed by atoms with Crippen molar-refractivity contribution in [3.8, 4) is 11.1 Å². The van der Waals surface area contributed by atoms with Crippen LogP contribution in [0.1, 0.15) is 31.9 Å². The van der Waals surface area contributed by atoms with Crippen molar-refractivity contribution in [1.82, 2.24) is 4.31 Å². The highest BCUT2D eigenvalue weighted by Crippen LogP contribution is 2.45.